The maximum Gasteiger partial charge on any atom is 0.318 e. The largest absolute Gasteiger partial charge is 0.351 e. The number of hydrogen-bond acceptors (Lipinski definition) is 4. The van der Waals surface area contributed by atoms with Crippen LogP contribution in [0.15, 0.2) is 0 Å². The highest BCUT2D eigenvalue weighted by molar-refractivity contribution is 5.96. The van der Waals surface area contributed by atoms with Gasteiger partial charge >= 0.3 is 6.03 Å². The number of amides is 3. The van der Waals surface area contributed by atoms with Crippen LogP contribution in [-0.4, -0.2) is 49.1 Å². The van der Waals surface area contributed by atoms with Crippen molar-refractivity contribution in [3.63, 3.8) is 0 Å². The van der Waals surface area contributed by atoms with Crippen LogP contribution in [0.25, 0.3) is 0 Å². The van der Waals surface area contributed by atoms with E-state index in [2.05, 4.69) is 15.5 Å². The number of primary amides is 1. The number of likely N-dealkylation sites (tertiary alicyclic amines) is 1. The standard InChI is InChI=1S/C10H20N4O2/c1-7(9(15)13-10(11)16)14-5-3-4-8(6-14)12-2/h7-8,12H,3-6H2,1-2H3,(H3,11,13,15,16). The first-order valence-electron chi connectivity index (χ1n) is 5.56. The van der Waals surface area contributed by atoms with Crippen molar-refractivity contribution in [1.29, 1.82) is 0 Å². The number of carbonyl (C=O) groups excluding carboxylic acids is 2. The number of likely N-dealkylation sites (N-methyl/N-ethyl adjacent to an activating group) is 1. The van der Waals surface area contributed by atoms with E-state index in [9.17, 15) is 9.59 Å². The van der Waals surface area contributed by atoms with E-state index in [4.69, 9.17) is 5.73 Å². The van der Waals surface area contributed by atoms with Gasteiger partial charge in [0.05, 0.1) is 6.04 Å². The van der Waals surface area contributed by atoms with Crippen LogP contribution in [0.3, 0.4) is 0 Å². The summed E-state index contributed by atoms with van der Waals surface area (Å²) in [5.74, 6) is -0.329. The average Bonchev–Trinajstić information content (AvgIpc) is 2.27. The number of nitrogens with zero attached hydrogens (tertiary/aromatic N) is 1. The predicted molar refractivity (Wildman–Crippen MR) is 60.8 cm³/mol. The van der Waals surface area contributed by atoms with E-state index in [-0.39, 0.29) is 11.9 Å². The molecule has 0 spiro atoms. The molecule has 2 unspecified atom stereocenters. The lowest BCUT2D eigenvalue weighted by Gasteiger charge is -2.35. The summed E-state index contributed by atoms with van der Waals surface area (Å²) in [6, 6.07) is -0.694. The van der Waals surface area contributed by atoms with Crippen molar-refractivity contribution in [2.24, 2.45) is 5.73 Å². The molecule has 1 fully saturated rings. The van der Waals surface area contributed by atoms with Crippen molar-refractivity contribution >= 4 is 11.9 Å². The smallest absolute Gasteiger partial charge is 0.318 e. The van der Waals surface area contributed by atoms with Crippen molar-refractivity contribution in [2.45, 2.75) is 31.8 Å². The Kier molecular flexibility index (Phi) is 4.70. The molecule has 16 heavy (non-hydrogen) atoms. The van der Waals surface area contributed by atoms with Crippen molar-refractivity contribution < 1.29 is 9.59 Å². The third kappa shape index (κ3) is 3.46. The molecule has 4 N–H and O–H groups in total. The molecule has 6 heteroatoms. The number of carbonyl (C=O) groups is 2. The lowest BCUT2D eigenvalue weighted by Crippen LogP contribution is -2.54. The fourth-order valence-corrected chi connectivity index (χ4v) is 1.99. The summed E-state index contributed by atoms with van der Waals surface area (Å²) in [7, 11) is 1.92. The summed E-state index contributed by atoms with van der Waals surface area (Å²) in [4.78, 5) is 24.2. The molecular weight excluding hydrogens is 208 g/mol. The molecule has 2 atom stereocenters. The second-order valence-electron chi connectivity index (χ2n) is 4.15. The van der Waals surface area contributed by atoms with E-state index in [1.165, 1.54) is 0 Å². The molecule has 1 aliphatic rings. The topological polar surface area (TPSA) is 87.5 Å². The molecule has 0 bridgehead atoms. The summed E-state index contributed by atoms with van der Waals surface area (Å²) in [6.07, 6.45) is 2.18. The normalized spacial score (nSPS) is 23.8. The molecule has 3 amide bonds. The molecule has 1 saturated heterocycles. The van der Waals surface area contributed by atoms with Gasteiger partial charge in [-0.05, 0) is 33.4 Å². The fourth-order valence-electron chi connectivity index (χ4n) is 1.99. The second kappa shape index (κ2) is 5.81. The van der Waals surface area contributed by atoms with Gasteiger partial charge in [-0.1, -0.05) is 0 Å². The minimum Gasteiger partial charge on any atom is -0.351 e. The third-order valence-electron chi connectivity index (χ3n) is 3.03. The summed E-state index contributed by atoms with van der Waals surface area (Å²) >= 11 is 0. The van der Waals surface area contributed by atoms with Crippen LogP contribution in [0.1, 0.15) is 19.8 Å². The fraction of sp³-hybridized carbons (Fsp3) is 0.800. The van der Waals surface area contributed by atoms with Crippen molar-refractivity contribution in [2.75, 3.05) is 20.1 Å². The van der Waals surface area contributed by atoms with E-state index >= 15 is 0 Å². The van der Waals surface area contributed by atoms with Gasteiger partial charge in [-0.2, -0.15) is 0 Å². The summed E-state index contributed by atoms with van der Waals surface area (Å²) in [5.41, 5.74) is 4.91. The number of rotatable bonds is 3. The van der Waals surface area contributed by atoms with Gasteiger partial charge in [-0.3, -0.25) is 15.0 Å². The number of imide groups is 1. The van der Waals surface area contributed by atoms with Crippen LogP contribution in [-0.2, 0) is 4.79 Å². The molecule has 0 aromatic carbocycles. The van der Waals surface area contributed by atoms with Gasteiger partial charge in [-0.25, -0.2) is 4.79 Å². The minimum atomic E-state index is -0.793. The van der Waals surface area contributed by atoms with Crippen LogP contribution in [0.4, 0.5) is 4.79 Å². The molecule has 0 aromatic rings. The Bertz CT molecular complexity index is 270. The van der Waals surface area contributed by atoms with Crippen molar-refractivity contribution in [3.8, 4) is 0 Å². The van der Waals surface area contributed by atoms with Crippen LogP contribution in [0, 0.1) is 0 Å². The highest BCUT2D eigenvalue weighted by Crippen LogP contribution is 2.12. The Morgan fingerprint density at radius 3 is 2.75 bits per heavy atom. The molecule has 92 valence electrons. The Labute approximate surface area is 95.5 Å². The minimum absolute atomic E-state index is 0.316. The zero-order chi connectivity index (χ0) is 12.1. The number of nitrogens with two attached hydrogens (primary N) is 1. The first kappa shape index (κ1) is 12.9. The monoisotopic (exact) mass is 228 g/mol. The highest BCUT2D eigenvalue weighted by Gasteiger charge is 2.26. The number of piperidine rings is 1. The van der Waals surface area contributed by atoms with Gasteiger partial charge in [0, 0.05) is 12.6 Å². The molecular formula is C10H20N4O2. The third-order valence-corrected chi connectivity index (χ3v) is 3.03. The molecule has 1 heterocycles. The van der Waals surface area contributed by atoms with Crippen molar-refractivity contribution in [1.82, 2.24) is 15.5 Å². The summed E-state index contributed by atoms with van der Waals surface area (Å²) in [5, 5.41) is 5.31. The van der Waals surface area contributed by atoms with Crippen LogP contribution in [0.2, 0.25) is 0 Å². The summed E-state index contributed by atoms with van der Waals surface area (Å²) < 4.78 is 0. The van der Waals surface area contributed by atoms with Crippen LogP contribution >= 0.6 is 0 Å². The van der Waals surface area contributed by atoms with Gasteiger partial charge in [-0.15, -0.1) is 0 Å². The molecule has 0 saturated carbocycles. The van der Waals surface area contributed by atoms with E-state index < -0.39 is 6.03 Å². The Morgan fingerprint density at radius 1 is 1.50 bits per heavy atom. The highest BCUT2D eigenvalue weighted by atomic mass is 16.2. The number of urea groups is 1. The van der Waals surface area contributed by atoms with E-state index in [1.54, 1.807) is 6.92 Å². The Morgan fingerprint density at radius 2 is 2.19 bits per heavy atom. The lowest BCUT2D eigenvalue weighted by molar-refractivity contribution is -0.125. The zero-order valence-electron chi connectivity index (χ0n) is 9.82. The van der Waals surface area contributed by atoms with Crippen LogP contribution < -0.4 is 16.4 Å². The van der Waals surface area contributed by atoms with Gasteiger partial charge in [0.25, 0.3) is 0 Å². The SMILES string of the molecule is CNC1CCCN(C(C)C(=O)NC(N)=O)C1. The first-order chi connectivity index (χ1) is 7.54. The van der Waals surface area contributed by atoms with E-state index in [0.717, 1.165) is 25.9 Å². The van der Waals surface area contributed by atoms with E-state index in [1.807, 2.05) is 7.05 Å². The predicted octanol–water partition coefficient (Wildman–Crippen LogP) is -0.746. The summed E-state index contributed by atoms with van der Waals surface area (Å²) in [6.45, 7) is 3.49. The Balaban J connectivity index is 2.49. The zero-order valence-corrected chi connectivity index (χ0v) is 9.82. The molecule has 1 aliphatic heterocycles. The first-order valence-corrected chi connectivity index (χ1v) is 5.56. The molecule has 1 rings (SSSR count). The van der Waals surface area contributed by atoms with Gasteiger partial charge in [0.15, 0.2) is 0 Å². The van der Waals surface area contributed by atoms with Crippen LogP contribution in [0.5, 0.6) is 0 Å². The number of hydrogen-bond donors (Lipinski definition) is 3. The maximum absolute atomic E-state index is 11.6. The maximum atomic E-state index is 11.6. The average molecular weight is 228 g/mol. The molecule has 0 aromatic heterocycles. The van der Waals surface area contributed by atoms with Gasteiger partial charge in [0.2, 0.25) is 5.91 Å². The quantitative estimate of drug-likeness (QED) is 0.593. The number of nitrogens with one attached hydrogen (secondary N) is 2. The van der Waals surface area contributed by atoms with Crippen molar-refractivity contribution in [3.05, 3.63) is 0 Å². The van der Waals surface area contributed by atoms with Gasteiger partial charge < -0.3 is 11.1 Å². The molecule has 0 aliphatic carbocycles. The lowest BCUT2D eigenvalue weighted by atomic mass is 10.0. The Hall–Kier alpha value is -1.14. The van der Waals surface area contributed by atoms with Gasteiger partial charge in [0.1, 0.15) is 0 Å². The molecule has 6 nitrogen and oxygen atoms in total. The van der Waals surface area contributed by atoms with E-state index in [0.29, 0.717) is 6.04 Å². The second-order valence-corrected chi connectivity index (χ2v) is 4.15. The molecule has 0 radical (unpaired) electrons.